The zero-order valence-electron chi connectivity index (χ0n) is 10.7. The number of nitrogens with two attached hydrogens (primary N) is 1. The molecule has 0 radical (unpaired) electrons. The molecule has 116 valence electrons. The van der Waals surface area contributed by atoms with Crippen molar-refractivity contribution in [2.24, 2.45) is 0 Å². The summed E-state index contributed by atoms with van der Waals surface area (Å²) in [6, 6.07) is 6.91. The van der Waals surface area contributed by atoms with Crippen LogP contribution in [0.3, 0.4) is 0 Å². The summed E-state index contributed by atoms with van der Waals surface area (Å²) in [5.74, 6) is -0.210. The SMILES string of the molecule is Nc1c(Cl)cc(S(=O)(=O)Oc2cccc([N+](=O)[O-])c2)cc1Cl. The Labute approximate surface area is 135 Å². The number of nitro groups is 1. The summed E-state index contributed by atoms with van der Waals surface area (Å²) < 4.78 is 29.1. The lowest BCUT2D eigenvalue weighted by Crippen LogP contribution is -2.10. The molecule has 0 saturated heterocycles. The average Bonchev–Trinajstić information content (AvgIpc) is 2.44. The van der Waals surface area contributed by atoms with Crippen molar-refractivity contribution in [3.63, 3.8) is 0 Å². The summed E-state index contributed by atoms with van der Waals surface area (Å²) in [4.78, 5) is 9.68. The van der Waals surface area contributed by atoms with Gasteiger partial charge < -0.3 is 9.92 Å². The molecule has 22 heavy (non-hydrogen) atoms. The van der Waals surface area contributed by atoms with Crippen molar-refractivity contribution >= 4 is 44.7 Å². The molecule has 0 aromatic heterocycles. The van der Waals surface area contributed by atoms with E-state index in [1.807, 2.05) is 0 Å². The van der Waals surface area contributed by atoms with Crippen LogP contribution in [-0.2, 0) is 10.1 Å². The summed E-state index contributed by atoms with van der Waals surface area (Å²) in [7, 11) is -4.26. The van der Waals surface area contributed by atoms with E-state index in [0.29, 0.717) is 0 Å². The number of anilines is 1. The first-order chi connectivity index (χ1) is 10.2. The van der Waals surface area contributed by atoms with E-state index < -0.39 is 15.0 Å². The van der Waals surface area contributed by atoms with Gasteiger partial charge >= 0.3 is 10.1 Å². The van der Waals surface area contributed by atoms with Crippen LogP contribution in [0.25, 0.3) is 0 Å². The fourth-order valence-electron chi connectivity index (χ4n) is 1.53. The number of rotatable bonds is 4. The minimum absolute atomic E-state index is 0.0395. The first-order valence-electron chi connectivity index (χ1n) is 5.64. The number of non-ortho nitro benzene ring substituents is 1. The highest BCUT2D eigenvalue weighted by Gasteiger charge is 2.21. The molecule has 0 heterocycles. The number of nitrogens with zero attached hydrogens (tertiary/aromatic N) is 1. The summed E-state index contributed by atoms with van der Waals surface area (Å²) in [6.07, 6.45) is 0. The highest BCUT2D eigenvalue weighted by atomic mass is 35.5. The second-order valence-electron chi connectivity index (χ2n) is 4.09. The summed E-state index contributed by atoms with van der Waals surface area (Å²) >= 11 is 11.6. The Bertz CT molecular complexity index is 831. The number of hydrogen-bond acceptors (Lipinski definition) is 6. The van der Waals surface area contributed by atoms with Gasteiger partial charge in [-0.3, -0.25) is 10.1 Å². The molecule has 0 aliphatic rings. The predicted octanol–water partition coefficient (Wildman–Crippen LogP) is 3.25. The van der Waals surface area contributed by atoms with Gasteiger partial charge in [0, 0.05) is 6.07 Å². The van der Waals surface area contributed by atoms with Gasteiger partial charge in [0.15, 0.2) is 0 Å². The molecule has 0 aliphatic carbocycles. The molecule has 2 aromatic rings. The van der Waals surface area contributed by atoms with Crippen LogP contribution >= 0.6 is 23.2 Å². The van der Waals surface area contributed by atoms with Gasteiger partial charge in [-0.15, -0.1) is 0 Å². The highest BCUT2D eigenvalue weighted by molar-refractivity contribution is 7.87. The van der Waals surface area contributed by atoms with Crippen molar-refractivity contribution in [1.29, 1.82) is 0 Å². The molecule has 0 aliphatic heterocycles. The predicted molar refractivity (Wildman–Crippen MR) is 81.8 cm³/mol. The van der Waals surface area contributed by atoms with Gasteiger partial charge in [0.05, 0.1) is 26.7 Å². The lowest BCUT2D eigenvalue weighted by molar-refractivity contribution is -0.384. The van der Waals surface area contributed by atoms with Crippen LogP contribution < -0.4 is 9.92 Å². The minimum atomic E-state index is -4.26. The normalized spacial score (nSPS) is 11.2. The van der Waals surface area contributed by atoms with Crippen molar-refractivity contribution in [2.75, 3.05) is 5.73 Å². The number of halogens is 2. The maximum Gasteiger partial charge on any atom is 0.339 e. The van der Waals surface area contributed by atoms with E-state index in [1.165, 1.54) is 18.2 Å². The Balaban J connectivity index is 2.40. The first kappa shape index (κ1) is 16.3. The monoisotopic (exact) mass is 362 g/mol. The third-order valence-electron chi connectivity index (χ3n) is 2.58. The van der Waals surface area contributed by atoms with Gasteiger partial charge in [-0.25, -0.2) is 0 Å². The number of benzene rings is 2. The van der Waals surface area contributed by atoms with Gasteiger partial charge in [0.2, 0.25) is 0 Å². The van der Waals surface area contributed by atoms with Crippen LogP contribution in [0.5, 0.6) is 5.75 Å². The molecular formula is C12H8Cl2N2O5S. The Morgan fingerprint density at radius 2 is 1.73 bits per heavy atom. The Kier molecular flexibility index (Phi) is 4.45. The van der Waals surface area contributed by atoms with Crippen LogP contribution in [0.4, 0.5) is 11.4 Å². The Morgan fingerprint density at radius 3 is 2.27 bits per heavy atom. The highest BCUT2D eigenvalue weighted by Crippen LogP contribution is 2.32. The molecule has 2 aromatic carbocycles. The first-order valence-corrected chi connectivity index (χ1v) is 7.80. The topological polar surface area (TPSA) is 113 Å². The van der Waals surface area contributed by atoms with E-state index in [2.05, 4.69) is 0 Å². The molecule has 0 saturated carbocycles. The maximum atomic E-state index is 12.1. The molecule has 0 bridgehead atoms. The van der Waals surface area contributed by atoms with E-state index in [0.717, 1.165) is 18.2 Å². The fourth-order valence-corrected chi connectivity index (χ4v) is 3.12. The average molecular weight is 363 g/mol. The molecule has 0 fully saturated rings. The standard InChI is InChI=1S/C12H8Cl2N2O5S/c13-10-5-9(6-11(14)12(10)15)22(19,20)21-8-3-1-2-7(4-8)16(17)18/h1-6H,15H2. The van der Waals surface area contributed by atoms with Crippen LogP contribution in [0.1, 0.15) is 0 Å². The molecule has 7 nitrogen and oxygen atoms in total. The lowest BCUT2D eigenvalue weighted by Gasteiger charge is -2.09. The Hall–Kier alpha value is -2.03. The van der Waals surface area contributed by atoms with Crippen LogP contribution in [0.15, 0.2) is 41.3 Å². The van der Waals surface area contributed by atoms with Crippen molar-refractivity contribution < 1.29 is 17.5 Å². The van der Waals surface area contributed by atoms with Gasteiger partial charge in [-0.05, 0) is 18.2 Å². The van der Waals surface area contributed by atoms with Crippen LogP contribution in [0, 0.1) is 10.1 Å². The molecule has 10 heteroatoms. The van der Waals surface area contributed by atoms with Crippen LogP contribution in [0.2, 0.25) is 10.0 Å². The van der Waals surface area contributed by atoms with Crippen molar-refractivity contribution in [3.8, 4) is 5.75 Å². The summed E-state index contributed by atoms with van der Waals surface area (Å²) in [5, 5.41) is 10.6. The van der Waals surface area contributed by atoms with Crippen molar-refractivity contribution in [1.82, 2.24) is 0 Å². The van der Waals surface area contributed by atoms with Crippen molar-refractivity contribution in [2.45, 2.75) is 4.90 Å². The van der Waals surface area contributed by atoms with E-state index in [4.69, 9.17) is 33.1 Å². The molecule has 0 atom stereocenters. The zero-order chi connectivity index (χ0) is 16.5. The second-order valence-corrected chi connectivity index (χ2v) is 6.45. The van der Waals surface area contributed by atoms with Gasteiger partial charge in [0.1, 0.15) is 10.6 Å². The van der Waals surface area contributed by atoms with Gasteiger partial charge in [-0.1, -0.05) is 29.3 Å². The number of nitro benzene ring substituents is 1. The fraction of sp³-hybridized carbons (Fsp3) is 0. The molecule has 2 rings (SSSR count). The molecule has 0 amide bonds. The lowest BCUT2D eigenvalue weighted by atomic mass is 10.3. The minimum Gasteiger partial charge on any atom is -0.396 e. The third-order valence-corrected chi connectivity index (χ3v) is 4.43. The molecule has 0 unspecified atom stereocenters. The van der Waals surface area contributed by atoms with E-state index in [9.17, 15) is 18.5 Å². The van der Waals surface area contributed by atoms with E-state index >= 15 is 0 Å². The second kappa shape index (κ2) is 5.99. The van der Waals surface area contributed by atoms with E-state index in [-0.39, 0.29) is 32.1 Å². The molecule has 0 spiro atoms. The quantitative estimate of drug-likeness (QED) is 0.386. The molecule has 2 N–H and O–H groups in total. The van der Waals surface area contributed by atoms with Crippen LogP contribution in [-0.4, -0.2) is 13.3 Å². The summed E-state index contributed by atoms with van der Waals surface area (Å²) in [5.41, 5.74) is 5.26. The third kappa shape index (κ3) is 3.41. The van der Waals surface area contributed by atoms with E-state index in [1.54, 1.807) is 0 Å². The number of nitrogen functional groups attached to an aromatic ring is 1. The summed E-state index contributed by atoms with van der Waals surface area (Å²) in [6.45, 7) is 0. The van der Waals surface area contributed by atoms with Crippen molar-refractivity contribution in [3.05, 3.63) is 56.6 Å². The zero-order valence-corrected chi connectivity index (χ0v) is 13.0. The molecular weight excluding hydrogens is 355 g/mol. The smallest absolute Gasteiger partial charge is 0.339 e. The largest absolute Gasteiger partial charge is 0.396 e. The number of hydrogen-bond donors (Lipinski definition) is 1. The van der Waals surface area contributed by atoms with Gasteiger partial charge in [-0.2, -0.15) is 8.42 Å². The Morgan fingerprint density at radius 1 is 1.14 bits per heavy atom. The van der Waals surface area contributed by atoms with Gasteiger partial charge in [0.25, 0.3) is 5.69 Å². The maximum absolute atomic E-state index is 12.1.